The molecule has 1 aromatic heterocycles. The van der Waals surface area contributed by atoms with Crippen LogP contribution in [0.2, 0.25) is 0 Å². The highest BCUT2D eigenvalue weighted by molar-refractivity contribution is 5.27. The predicted octanol–water partition coefficient (Wildman–Crippen LogP) is 3.40. The number of aryl methyl sites for hydroxylation is 2. The van der Waals surface area contributed by atoms with Crippen LogP contribution in [-0.2, 0) is 13.0 Å². The Morgan fingerprint density at radius 2 is 1.95 bits per heavy atom. The lowest BCUT2D eigenvalue weighted by Crippen LogP contribution is -2.18. The monoisotopic (exact) mass is 285 g/mol. The molecule has 2 aromatic rings. The van der Waals surface area contributed by atoms with Crippen LogP contribution in [0.1, 0.15) is 41.4 Å². The number of rotatable bonds is 7. The van der Waals surface area contributed by atoms with Gasteiger partial charge in [-0.15, -0.1) is 0 Å². The number of aromatic nitrogens is 2. The molecule has 0 aliphatic heterocycles. The molecule has 114 valence electrons. The molecule has 1 heterocycles. The molecule has 0 bridgehead atoms. The van der Waals surface area contributed by atoms with Crippen molar-refractivity contribution in [2.45, 2.75) is 47.1 Å². The fourth-order valence-electron chi connectivity index (χ4n) is 2.75. The van der Waals surface area contributed by atoms with Crippen LogP contribution in [0.25, 0.3) is 0 Å². The van der Waals surface area contributed by atoms with Crippen molar-refractivity contribution in [1.29, 1.82) is 0 Å². The molecule has 0 aliphatic carbocycles. The fraction of sp³-hybridized carbons (Fsp3) is 0.500. The third-order valence-corrected chi connectivity index (χ3v) is 3.92. The van der Waals surface area contributed by atoms with Gasteiger partial charge in [0.2, 0.25) is 0 Å². The molecule has 0 amide bonds. The average Bonchev–Trinajstić information content (AvgIpc) is 2.70. The molecular formula is C18H27N3. The summed E-state index contributed by atoms with van der Waals surface area (Å²) in [6.45, 7) is 11.6. The molecule has 21 heavy (non-hydrogen) atoms. The van der Waals surface area contributed by atoms with Gasteiger partial charge in [-0.1, -0.05) is 36.8 Å². The van der Waals surface area contributed by atoms with Gasteiger partial charge in [-0.05, 0) is 57.8 Å². The third-order valence-electron chi connectivity index (χ3n) is 3.92. The van der Waals surface area contributed by atoms with Crippen molar-refractivity contribution < 1.29 is 0 Å². The second-order valence-electron chi connectivity index (χ2n) is 5.80. The minimum atomic E-state index is 0.858. The zero-order valence-corrected chi connectivity index (χ0v) is 13.7. The summed E-state index contributed by atoms with van der Waals surface area (Å²) in [7, 11) is 0. The van der Waals surface area contributed by atoms with Gasteiger partial charge >= 0.3 is 0 Å². The van der Waals surface area contributed by atoms with Crippen LogP contribution in [0.15, 0.2) is 24.3 Å². The van der Waals surface area contributed by atoms with E-state index in [4.69, 9.17) is 5.10 Å². The molecule has 0 saturated carbocycles. The van der Waals surface area contributed by atoms with Crippen LogP contribution in [0.3, 0.4) is 0 Å². The molecule has 0 unspecified atom stereocenters. The number of benzene rings is 1. The zero-order chi connectivity index (χ0) is 15.2. The summed E-state index contributed by atoms with van der Waals surface area (Å²) < 4.78 is 2.14. The van der Waals surface area contributed by atoms with Crippen molar-refractivity contribution >= 4 is 0 Å². The Hall–Kier alpha value is -1.61. The lowest BCUT2D eigenvalue weighted by atomic mass is 10.1. The van der Waals surface area contributed by atoms with Crippen LogP contribution in [0, 0.1) is 20.8 Å². The maximum atomic E-state index is 4.72. The molecular weight excluding hydrogens is 258 g/mol. The van der Waals surface area contributed by atoms with Gasteiger partial charge < -0.3 is 5.32 Å². The molecule has 1 N–H and O–H groups in total. The lowest BCUT2D eigenvalue weighted by molar-refractivity contribution is 0.653. The summed E-state index contributed by atoms with van der Waals surface area (Å²) >= 11 is 0. The first-order chi connectivity index (χ1) is 10.1. The van der Waals surface area contributed by atoms with Gasteiger partial charge in [0.15, 0.2) is 0 Å². The maximum Gasteiger partial charge on any atom is 0.0662 e. The number of hydrogen-bond acceptors (Lipinski definition) is 2. The Morgan fingerprint density at radius 3 is 2.67 bits per heavy atom. The van der Waals surface area contributed by atoms with Crippen molar-refractivity contribution in [1.82, 2.24) is 15.1 Å². The van der Waals surface area contributed by atoms with Gasteiger partial charge in [-0.25, -0.2) is 0 Å². The van der Waals surface area contributed by atoms with Crippen molar-refractivity contribution in [3.8, 4) is 0 Å². The standard InChI is InChI=1S/C18H27N3/c1-5-10-19-11-9-18-15(3)20-21(16(18)4)13-17-8-6-7-14(2)12-17/h6-8,12,19H,5,9-11,13H2,1-4H3. The van der Waals surface area contributed by atoms with Gasteiger partial charge in [0, 0.05) is 5.69 Å². The van der Waals surface area contributed by atoms with Gasteiger partial charge in [0.05, 0.1) is 12.2 Å². The van der Waals surface area contributed by atoms with E-state index in [9.17, 15) is 0 Å². The van der Waals surface area contributed by atoms with E-state index >= 15 is 0 Å². The van der Waals surface area contributed by atoms with E-state index in [1.54, 1.807) is 0 Å². The van der Waals surface area contributed by atoms with Crippen LogP contribution >= 0.6 is 0 Å². The minimum absolute atomic E-state index is 0.858. The normalized spacial score (nSPS) is 11.0. The van der Waals surface area contributed by atoms with E-state index in [1.165, 1.54) is 34.5 Å². The molecule has 1 aromatic carbocycles. The molecule has 0 saturated heterocycles. The summed E-state index contributed by atoms with van der Waals surface area (Å²) in [5, 5.41) is 8.19. The highest BCUT2D eigenvalue weighted by atomic mass is 15.3. The summed E-state index contributed by atoms with van der Waals surface area (Å²) in [5.74, 6) is 0. The van der Waals surface area contributed by atoms with E-state index < -0.39 is 0 Å². The second kappa shape index (κ2) is 7.41. The molecule has 0 fully saturated rings. The van der Waals surface area contributed by atoms with Crippen molar-refractivity contribution in [3.63, 3.8) is 0 Å². The van der Waals surface area contributed by atoms with Gasteiger partial charge in [0.25, 0.3) is 0 Å². The Labute approximate surface area is 128 Å². The SMILES string of the molecule is CCCNCCc1c(C)nn(Cc2cccc(C)c2)c1C. The van der Waals surface area contributed by atoms with Crippen LogP contribution < -0.4 is 5.32 Å². The van der Waals surface area contributed by atoms with Crippen molar-refractivity contribution in [2.24, 2.45) is 0 Å². The van der Waals surface area contributed by atoms with Gasteiger partial charge in [0.1, 0.15) is 0 Å². The Kier molecular flexibility index (Phi) is 5.57. The van der Waals surface area contributed by atoms with Gasteiger partial charge in [-0.2, -0.15) is 5.10 Å². The minimum Gasteiger partial charge on any atom is -0.316 e. The summed E-state index contributed by atoms with van der Waals surface area (Å²) in [6.07, 6.45) is 2.25. The molecule has 2 rings (SSSR count). The zero-order valence-electron chi connectivity index (χ0n) is 13.7. The van der Waals surface area contributed by atoms with E-state index in [0.717, 1.165) is 26.1 Å². The summed E-state index contributed by atoms with van der Waals surface area (Å²) in [5.41, 5.74) is 6.48. The van der Waals surface area contributed by atoms with Crippen LogP contribution in [0.4, 0.5) is 0 Å². The number of nitrogens with zero attached hydrogens (tertiary/aromatic N) is 2. The topological polar surface area (TPSA) is 29.9 Å². The fourth-order valence-corrected chi connectivity index (χ4v) is 2.75. The largest absolute Gasteiger partial charge is 0.316 e. The molecule has 3 heteroatoms. The first-order valence-electron chi connectivity index (χ1n) is 7.91. The molecule has 0 atom stereocenters. The smallest absolute Gasteiger partial charge is 0.0662 e. The van der Waals surface area contributed by atoms with Crippen LogP contribution in [0.5, 0.6) is 0 Å². The van der Waals surface area contributed by atoms with Crippen molar-refractivity contribution in [3.05, 3.63) is 52.3 Å². The van der Waals surface area contributed by atoms with Crippen LogP contribution in [-0.4, -0.2) is 22.9 Å². The lowest BCUT2D eigenvalue weighted by Gasteiger charge is -2.07. The first-order valence-corrected chi connectivity index (χ1v) is 7.91. The second-order valence-corrected chi connectivity index (χ2v) is 5.80. The summed E-state index contributed by atoms with van der Waals surface area (Å²) in [6, 6.07) is 8.66. The molecule has 3 nitrogen and oxygen atoms in total. The molecule has 0 radical (unpaired) electrons. The maximum absolute atomic E-state index is 4.72. The summed E-state index contributed by atoms with van der Waals surface area (Å²) in [4.78, 5) is 0. The Balaban J connectivity index is 2.07. The Morgan fingerprint density at radius 1 is 1.14 bits per heavy atom. The highest BCUT2D eigenvalue weighted by Gasteiger charge is 2.11. The van der Waals surface area contributed by atoms with E-state index in [1.807, 2.05) is 0 Å². The van der Waals surface area contributed by atoms with E-state index in [0.29, 0.717) is 0 Å². The predicted molar refractivity (Wildman–Crippen MR) is 88.8 cm³/mol. The molecule has 0 aliphatic rings. The number of hydrogen-bond donors (Lipinski definition) is 1. The van der Waals surface area contributed by atoms with Crippen molar-refractivity contribution in [2.75, 3.05) is 13.1 Å². The van der Waals surface area contributed by atoms with E-state index in [2.05, 4.69) is 62.0 Å². The van der Waals surface area contributed by atoms with Gasteiger partial charge in [-0.3, -0.25) is 4.68 Å². The number of nitrogens with one attached hydrogen (secondary N) is 1. The first kappa shape index (κ1) is 15.8. The highest BCUT2D eigenvalue weighted by Crippen LogP contribution is 2.15. The van der Waals surface area contributed by atoms with E-state index in [-0.39, 0.29) is 0 Å². The third kappa shape index (κ3) is 4.18. The average molecular weight is 285 g/mol. The molecule has 0 spiro atoms. The Bertz CT molecular complexity index is 584. The quantitative estimate of drug-likeness (QED) is 0.790.